The van der Waals surface area contributed by atoms with E-state index >= 15 is 0 Å². The highest BCUT2D eigenvalue weighted by Gasteiger charge is 2.24. The van der Waals surface area contributed by atoms with Crippen molar-refractivity contribution in [2.45, 2.75) is 0 Å². The van der Waals surface area contributed by atoms with E-state index in [0.717, 1.165) is 70.7 Å². The minimum atomic E-state index is 0.602. The highest BCUT2D eigenvalue weighted by molar-refractivity contribution is 7.26. The van der Waals surface area contributed by atoms with Gasteiger partial charge in [-0.3, -0.25) is 0 Å². The van der Waals surface area contributed by atoms with Crippen molar-refractivity contribution in [1.29, 1.82) is 0 Å². The largest absolute Gasteiger partial charge is 0.436 e. The second kappa shape index (κ2) is 11.6. The van der Waals surface area contributed by atoms with E-state index in [4.69, 9.17) is 24.4 Å². The van der Waals surface area contributed by atoms with Crippen LogP contribution in [0.5, 0.6) is 0 Å². The highest BCUT2D eigenvalue weighted by Crippen LogP contribution is 2.48. The second-order valence-corrected chi connectivity index (χ2v) is 13.3. The quantitative estimate of drug-likeness (QED) is 0.184. The Kier molecular flexibility index (Phi) is 6.60. The van der Waals surface area contributed by atoms with Crippen LogP contribution in [0.3, 0.4) is 0 Å². The molecule has 10 aromatic rings. The first-order valence-corrected chi connectivity index (χ1v) is 17.3. The molecule has 0 atom stereocenters. The number of benzene rings is 7. The maximum atomic E-state index is 6.58. The first-order valence-electron chi connectivity index (χ1n) is 16.5. The molecule has 0 unspecified atom stereocenters. The van der Waals surface area contributed by atoms with Crippen LogP contribution in [0.25, 0.3) is 98.8 Å². The Bertz CT molecular complexity index is 2810. The predicted molar refractivity (Wildman–Crippen MR) is 205 cm³/mol. The van der Waals surface area contributed by atoms with E-state index in [1.165, 1.54) is 4.70 Å². The van der Waals surface area contributed by atoms with Gasteiger partial charge in [0.05, 0.1) is 0 Å². The Morgan fingerprint density at radius 1 is 0.460 bits per heavy atom. The fourth-order valence-corrected chi connectivity index (χ4v) is 8.07. The van der Waals surface area contributed by atoms with Gasteiger partial charge in [0.15, 0.2) is 23.1 Å². The summed E-state index contributed by atoms with van der Waals surface area (Å²) in [6.45, 7) is 0. The summed E-state index contributed by atoms with van der Waals surface area (Å²) < 4.78 is 8.92. The van der Waals surface area contributed by atoms with E-state index in [0.29, 0.717) is 23.4 Å². The van der Waals surface area contributed by atoms with Crippen molar-refractivity contribution in [2.24, 2.45) is 0 Å². The Hall–Kier alpha value is -6.50. The summed E-state index contributed by atoms with van der Waals surface area (Å²) in [6.07, 6.45) is 0. The molecule has 6 heteroatoms. The number of nitrogens with zero attached hydrogens (tertiary/aromatic N) is 4. The van der Waals surface area contributed by atoms with Crippen molar-refractivity contribution >= 4 is 53.4 Å². The molecule has 0 fully saturated rings. The first kappa shape index (κ1) is 28.5. The third kappa shape index (κ3) is 4.69. The fourth-order valence-electron chi connectivity index (χ4n) is 6.84. The van der Waals surface area contributed by atoms with Crippen LogP contribution in [0.2, 0.25) is 0 Å². The van der Waals surface area contributed by atoms with Crippen LogP contribution in [0.4, 0.5) is 0 Å². The van der Waals surface area contributed by atoms with Gasteiger partial charge in [-0.05, 0) is 40.6 Å². The molecule has 50 heavy (non-hydrogen) atoms. The van der Waals surface area contributed by atoms with Crippen molar-refractivity contribution in [3.8, 4) is 56.7 Å². The molecule has 0 saturated heterocycles. The number of rotatable bonds is 5. The molecule has 3 heterocycles. The Labute approximate surface area is 291 Å². The Balaban J connectivity index is 1.31. The first-order chi connectivity index (χ1) is 24.8. The predicted octanol–water partition coefficient (Wildman–Crippen LogP) is 11.9. The van der Waals surface area contributed by atoms with Crippen molar-refractivity contribution in [3.63, 3.8) is 0 Å². The van der Waals surface area contributed by atoms with Gasteiger partial charge in [0.1, 0.15) is 5.52 Å². The molecule has 0 radical (unpaired) electrons. The van der Waals surface area contributed by atoms with Crippen molar-refractivity contribution in [2.75, 3.05) is 0 Å². The molecule has 0 saturated carbocycles. The zero-order valence-corrected chi connectivity index (χ0v) is 27.4. The van der Waals surface area contributed by atoms with E-state index in [1.54, 1.807) is 11.3 Å². The van der Waals surface area contributed by atoms with Crippen LogP contribution in [0, 0.1) is 0 Å². The number of fused-ring (bicyclic) bond motifs is 6. The summed E-state index contributed by atoms with van der Waals surface area (Å²) in [6, 6.07) is 53.8. The number of thiophene rings is 1. The van der Waals surface area contributed by atoms with E-state index in [2.05, 4.69) is 66.7 Å². The summed E-state index contributed by atoms with van der Waals surface area (Å²) in [4.78, 5) is 20.5. The maximum absolute atomic E-state index is 6.58. The third-order valence-corrected chi connectivity index (χ3v) is 10.4. The lowest BCUT2D eigenvalue weighted by Crippen LogP contribution is -2.01. The lowest BCUT2D eigenvalue weighted by molar-refractivity contribution is 0.620. The molecule has 0 amide bonds. The SMILES string of the molecule is c1ccc(-c2nc(-c3ccccc3)nc(-c3c(-c4cc5oc(-c6ccccc6)nc5c5c4sc4ccccc45)ccc4ccccc34)n2)cc1. The summed E-state index contributed by atoms with van der Waals surface area (Å²) in [5.41, 5.74) is 7.41. The van der Waals surface area contributed by atoms with Gasteiger partial charge in [-0.1, -0.05) is 133 Å². The normalized spacial score (nSPS) is 11.6. The van der Waals surface area contributed by atoms with Crippen LogP contribution in [0.1, 0.15) is 0 Å². The lowest BCUT2D eigenvalue weighted by Gasteiger charge is -2.15. The van der Waals surface area contributed by atoms with E-state index in [9.17, 15) is 0 Å². The molecule has 0 aliphatic heterocycles. The van der Waals surface area contributed by atoms with Gasteiger partial charge < -0.3 is 4.42 Å². The fraction of sp³-hybridized carbons (Fsp3) is 0. The molecule has 10 rings (SSSR count). The molecule has 0 aliphatic rings. The summed E-state index contributed by atoms with van der Waals surface area (Å²) in [7, 11) is 0. The van der Waals surface area contributed by atoms with Crippen molar-refractivity contribution < 1.29 is 4.42 Å². The standard InChI is InChI=1S/C44H26N4OS/c1-4-15-28(16-5-1)41-46-42(29-17-6-2-7-18-29)48-43(47-41)37-31-21-11-10-14-27(31)24-25-32(37)34-26-35-39(45-44(49-35)30-19-8-3-9-20-30)38-33-22-12-13-23-36(33)50-40(34)38/h1-26H. The molecule has 5 nitrogen and oxygen atoms in total. The zero-order valence-electron chi connectivity index (χ0n) is 26.6. The van der Waals surface area contributed by atoms with E-state index in [1.807, 2.05) is 91.0 Å². The topological polar surface area (TPSA) is 64.7 Å². The molecular weight excluding hydrogens is 633 g/mol. The van der Waals surface area contributed by atoms with Gasteiger partial charge >= 0.3 is 0 Å². The van der Waals surface area contributed by atoms with Gasteiger partial charge in [-0.25, -0.2) is 19.9 Å². The molecule has 7 aromatic carbocycles. The van der Waals surface area contributed by atoms with Crippen molar-refractivity contribution in [1.82, 2.24) is 19.9 Å². The number of aromatic nitrogens is 4. The van der Waals surface area contributed by atoms with Gasteiger partial charge in [0.2, 0.25) is 5.89 Å². The van der Waals surface area contributed by atoms with Gasteiger partial charge in [0, 0.05) is 48.0 Å². The van der Waals surface area contributed by atoms with Gasteiger partial charge in [-0.2, -0.15) is 0 Å². The maximum Gasteiger partial charge on any atom is 0.227 e. The minimum absolute atomic E-state index is 0.602. The molecule has 0 N–H and O–H groups in total. The Morgan fingerprint density at radius 2 is 1.04 bits per heavy atom. The molecule has 0 aliphatic carbocycles. The zero-order chi connectivity index (χ0) is 33.0. The summed E-state index contributed by atoms with van der Waals surface area (Å²) in [5.74, 6) is 2.46. The van der Waals surface area contributed by atoms with Crippen LogP contribution in [-0.2, 0) is 0 Å². The van der Waals surface area contributed by atoms with Crippen LogP contribution >= 0.6 is 11.3 Å². The van der Waals surface area contributed by atoms with E-state index in [-0.39, 0.29) is 0 Å². The van der Waals surface area contributed by atoms with Gasteiger partial charge in [-0.15, -0.1) is 11.3 Å². The number of hydrogen-bond acceptors (Lipinski definition) is 6. The number of oxazole rings is 1. The summed E-state index contributed by atoms with van der Waals surface area (Å²) in [5, 5.41) is 4.42. The Morgan fingerprint density at radius 3 is 1.74 bits per heavy atom. The molecule has 0 spiro atoms. The second-order valence-electron chi connectivity index (χ2n) is 12.2. The van der Waals surface area contributed by atoms with Gasteiger partial charge in [0.25, 0.3) is 0 Å². The average molecular weight is 659 g/mol. The smallest absolute Gasteiger partial charge is 0.227 e. The van der Waals surface area contributed by atoms with Crippen LogP contribution in [-0.4, -0.2) is 19.9 Å². The summed E-state index contributed by atoms with van der Waals surface area (Å²) >= 11 is 1.78. The molecule has 234 valence electrons. The highest BCUT2D eigenvalue weighted by atomic mass is 32.1. The van der Waals surface area contributed by atoms with E-state index < -0.39 is 0 Å². The molecular formula is C44H26N4OS. The minimum Gasteiger partial charge on any atom is -0.436 e. The molecule has 3 aromatic heterocycles. The lowest BCUT2D eigenvalue weighted by atomic mass is 9.92. The van der Waals surface area contributed by atoms with Crippen molar-refractivity contribution in [3.05, 3.63) is 158 Å². The van der Waals surface area contributed by atoms with Crippen LogP contribution < -0.4 is 0 Å². The monoisotopic (exact) mass is 658 g/mol. The number of hydrogen-bond donors (Lipinski definition) is 0. The molecule has 0 bridgehead atoms. The third-order valence-electron chi connectivity index (χ3n) is 9.17. The van der Waals surface area contributed by atoms with Crippen LogP contribution in [0.15, 0.2) is 162 Å². The average Bonchev–Trinajstić information content (AvgIpc) is 3.80.